The molecular formula is C17H18N4O2S2. The van der Waals surface area contributed by atoms with Crippen LogP contribution in [0.15, 0.2) is 39.8 Å². The average molecular weight is 374 g/mol. The summed E-state index contributed by atoms with van der Waals surface area (Å²) >= 11 is 3.01. The van der Waals surface area contributed by atoms with Crippen molar-refractivity contribution >= 4 is 28.6 Å². The number of carbonyl (C=O) groups is 1. The Morgan fingerprint density at radius 1 is 1.20 bits per heavy atom. The second-order valence-electron chi connectivity index (χ2n) is 6.15. The molecular weight excluding hydrogens is 356 g/mol. The molecule has 0 atom stereocenters. The molecule has 0 radical (unpaired) electrons. The molecule has 0 aromatic carbocycles. The predicted octanol–water partition coefficient (Wildman–Crippen LogP) is 2.78. The van der Waals surface area contributed by atoms with Crippen LogP contribution in [0.5, 0.6) is 0 Å². The van der Waals surface area contributed by atoms with Gasteiger partial charge in [-0.25, -0.2) is 14.5 Å². The number of likely N-dealkylation sites (tertiary alicyclic amines) is 1. The van der Waals surface area contributed by atoms with Crippen LogP contribution in [0.3, 0.4) is 0 Å². The number of aromatic amines is 1. The number of H-pyrrole nitrogens is 1. The fourth-order valence-corrected chi connectivity index (χ4v) is 4.68. The minimum atomic E-state index is -0.192. The van der Waals surface area contributed by atoms with Crippen LogP contribution in [0.25, 0.3) is 5.00 Å². The number of hydrogen-bond acceptors (Lipinski definition) is 5. The normalized spacial score (nSPS) is 15.6. The molecule has 3 aromatic rings. The summed E-state index contributed by atoms with van der Waals surface area (Å²) in [6.45, 7) is 1.52. The van der Waals surface area contributed by atoms with E-state index in [-0.39, 0.29) is 11.6 Å². The highest BCUT2D eigenvalue weighted by molar-refractivity contribution is 7.12. The first-order valence-corrected chi connectivity index (χ1v) is 10.0. The van der Waals surface area contributed by atoms with Crippen molar-refractivity contribution in [3.8, 4) is 5.00 Å². The van der Waals surface area contributed by atoms with Crippen molar-refractivity contribution in [1.29, 1.82) is 0 Å². The van der Waals surface area contributed by atoms with Crippen molar-refractivity contribution in [1.82, 2.24) is 19.7 Å². The van der Waals surface area contributed by atoms with Crippen molar-refractivity contribution < 1.29 is 4.79 Å². The van der Waals surface area contributed by atoms with Crippen LogP contribution in [0.1, 0.15) is 28.3 Å². The molecule has 1 saturated heterocycles. The zero-order valence-electron chi connectivity index (χ0n) is 13.6. The van der Waals surface area contributed by atoms with E-state index >= 15 is 0 Å². The zero-order valence-corrected chi connectivity index (χ0v) is 15.2. The van der Waals surface area contributed by atoms with E-state index in [4.69, 9.17) is 0 Å². The summed E-state index contributed by atoms with van der Waals surface area (Å²) < 4.78 is 1.66. The minimum absolute atomic E-state index is 0.128. The third-order valence-corrected chi connectivity index (χ3v) is 6.28. The molecule has 25 heavy (non-hydrogen) atoms. The number of nitrogens with one attached hydrogen (secondary N) is 1. The van der Waals surface area contributed by atoms with Crippen LogP contribution < -0.4 is 5.69 Å². The van der Waals surface area contributed by atoms with Crippen molar-refractivity contribution in [2.24, 2.45) is 5.92 Å². The second-order valence-corrected chi connectivity index (χ2v) is 8.02. The van der Waals surface area contributed by atoms with Crippen molar-refractivity contribution in [3.05, 3.63) is 56.2 Å². The lowest BCUT2D eigenvalue weighted by Gasteiger charge is -2.31. The molecule has 0 aliphatic carbocycles. The molecule has 3 aromatic heterocycles. The molecule has 0 bridgehead atoms. The lowest BCUT2D eigenvalue weighted by atomic mass is 9.93. The molecule has 4 rings (SSSR count). The molecule has 1 aliphatic heterocycles. The molecule has 4 heterocycles. The third-order valence-electron chi connectivity index (χ3n) is 4.57. The van der Waals surface area contributed by atoms with Crippen LogP contribution in [0.2, 0.25) is 0 Å². The van der Waals surface area contributed by atoms with Gasteiger partial charge in [0.1, 0.15) is 10.8 Å². The van der Waals surface area contributed by atoms with Gasteiger partial charge < -0.3 is 4.90 Å². The summed E-state index contributed by atoms with van der Waals surface area (Å²) in [5, 5.41) is 11.5. The van der Waals surface area contributed by atoms with E-state index in [1.54, 1.807) is 4.57 Å². The summed E-state index contributed by atoms with van der Waals surface area (Å²) in [5.74, 6) is 1.33. The van der Waals surface area contributed by atoms with Crippen LogP contribution in [0, 0.1) is 5.92 Å². The Labute approximate surface area is 152 Å². The fraction of sp³-hybridized carbons (Fsp3) is 0.353. The van der Waals surface area contributed by atoms with E-state index in [2.05, 4.69) is 10.2 Å². The minimum Gasteiger partial charge on any atom is -0.338 e. The maximum Gasteiger partial charge on any atom is 0.348 e. The van der Waals surface area contributed by atoms with E-state index in [0.717, 1.165) is 48.1 Å². The van der Waals surface area contributed by atoms with Gasteiger partial charge in [-0.1, -0.05) is 6.07 Å². The number of aromatic nitrogens is 3. The number of piperidine rings is 1. The molecule has 130 valence electrons. The lowest BCUT2D eigenvalue weighted by Crippen LogP contribution is -2.38. The predicted molar refractivity (Wildman–Crippen MR) is 98.7 cm³/mol. The van der Waals surface area contributed by atoms with E-state index < -0.39 is 0 Å². The molecule has 1 fully saturated rings. The summed E-state index contributed by atoms with van der Waals surface area (Å²) in [4.78, 5) is 27.2. The third kappa shape index (κ3) is 3.32. The quantitative estimate of drug-likeness (QED) is 0.763. The number of hydrogen-bond donors (Lipinski definition) is 1. The molecule has 1 aliphatic rings. The summed E-state index contributed by atoms with van der Waals surface area (Å²) in [6, 6.07) is 7.64. The van der Waals surface area contributed by atoms with E-state index in [9.17, 15) is 9.59 Å². The van der Waals surface area contributed by atoms with Crippen LogP contribution in [0.4, 0.5) is 0 Å². The van der Waals surface area contributed by atoms with Gasteiger partial charge in [0.2, 0.25) is 0 Å². The van der Waals surface area contributed by atoms with Crippen LogP contribution >= 0.6 is 22.7 Å². The van der Waals surface area contributed by atoms with Crippen LogP contribution in [-0.2, 0) is 6.42 Å². The zero-order chi connectivity index (χ0) is 17.2. The molecule has 0 saturated carbocycles. The van der Waals surface area contributed by atoms with Crippen molar-refractivity contribution in [2.75, 3.05) is 13.1 Å². The number of amides is 1. The van der Waals surface area contributed by atoms with E-state index in [1.165, 1.54) is 22.7 Å². The molecule has 0 spiro atoms. The highest BCUT2D eigenvalue weighted by atomic mass is 32.1. The first-order valence-electron chi connectivity index (χ1n) is 8.25. The first-order chi connectivity index (χ1) is 12.2. The molecule has 1 amide bonds. The highest BCUT2D eigenvalue weighted by Crippen LogP contribution is 2.24. The van der Waals surface area contributed by atoms with E-state index in [0.29, 0.717) is 5.92 Å². The monoisotopic (exact) mass is 374 g/mol. The van der Waals surface area contributed by atoms with Crippen molar-refractivity contribution in [3.63, 3.8) is 0 Å². The van der Waals surface area contributed by atoms with Gasteiger partial charge in [-0.15, -0.1) is 22.7 Å². The Hall–Kier alpha value is -2.19. The topological polar surface area (TPSA) is 71.0 Å². The molecule has 0 unspecified atom stereocenters. The van der Waals surface area contributed by atoms with Gasteiger partial charge in [-0.05, 0) is 47.7 Å². The van der Waals surface area contributed by atoms with Gasteiger partial charge in [0.25, 0.3) is 5.91 Å². The molecule has 8 heteroatoms. The summed E-state index contributed by atoms with van der Waals surface area (Å²) in [6.07, 6.45) is 2.61. The van der Waals surface area contributed by atoms with Gasteiger partial charge in [0.15, 0.2) is 0 Å². The molecule has 1 N–H and O–H groups in total. The Morgan fingerprint density at radius 2 is 1.96 bits per heavy atom. The van der Waals surface area contributed by atoms with Gasteiger partial charge >= 0.3 is 5.69 Å². The smallest absolute Gasteiger partial charge is 0.338 e. The van der Waals surface area contributed by atoms with Gasteiger partial charge in [-0.3, -0.25) is 4.79 Å². The maximum atomic E-state index is 12.4. The lowest BCUT2D eigenvalue weighted by molar-refractivity contribution is 0.0694. The average Bonchev–Trinajstić information content (AvgIpc) is 3.37. The Morgan fingerprint density at radius 3 is 2.64 bits per heavy atom. The van der Waals surface area contributed by atoms with Gasteiger partial charge in [0.05, 0.1) is 4.88 Å². The van der Waals surface area contributed by atoms with Gasteiger partial charge in [0, 0.05) is 19.5 Å². The number of rotatable bonds is 4. The Kier molecular flexibility index (Phi) is 4.54. The fourth-order valence-electron chi connectivity index (χ4n) is 3.25. The largest absolute Gasteiger partial charge is 0.348 e. The van der Waals surface area contributed by atoms with Crippen LogP contribution in [-0.4, -0.2) is 38.7 Å². The first kappa shape index (κ1) is 16.3. The highest BCUT2D eigenvalue weighted by Gasteiger charge is 2.26. The number of nitrogens with zero attached hydrogens (tertiary/aromatic N) is 3. The standard InChI is InChI=1S/C17H18N4O2S2/c22-16(13-3-1-9-24-13)20-7-5-12(6-8-20)11-14-18-19-17(23)21(14)15-4-2-10-25-15/h1-4,9-10,12H,5-8,11H2,(H,19,23). The maximum absolute atomic E-state index is 12.4. The number of carbonyl (C=O) groups excluding carboxylic acids is 1. The van der Waals surface area contributed by atoms with Crippen molar-refractivity contribution in [2.45, 2.75) is 19.3 Å². The number of thiophene rings is 2. The second kappa shape index (κ2) is 6.97. The SMILES string of the molecule is O=C(c1cccs1)N1CCC(Cc2n[nH]c(=O)n2-c2cccs2)CC1. The Balaban J connectivity index is 1.41. The summed E-state index contributed by atoms with van der Waals surface area (Å²) in [5.41, 5.74) is -0.192. The van der Waals surface area contributed by atoms with E-state index in [1.807, 2.05) is 39.9 Å². The molecule has 6 nitrogen and oxygen atoms in total. The van der Waals surface area contributed by atoms with Gasteiger partial charge in [-0.2, -0.15) is 5.10 Å². The Bertz CT molecular complexity index is 888. The summed E-state index contributed by atoms with van der Waals surface area (Å²) in [7, 11) is 0.